The van der Waals surface area contributed by atoms with Crippen LogP contribution >= 0.6 is 0 Å². The molecule has 0 aromatic heterocycles. The fourth-order valence-corrected chi connectivity index (χ4v) is 14.9. The van der Waals surface area contributed by atoms with E-state index in [1.807, 2.05) is 20.8 Å². The van der Waals surface area contributed by atoms with Crippen LogP contribution in [0.1, 0.15) is 152 Å². The number of Topliss-reactive ketones (excluding diaryl/α,β-unsaturated/α-hetero) is 1. The van der Waals surface area contributed by atoms with E-state index in [4.69, 9.17) is 4.74 Å². The molecule has 53 heavy (non-hydrogen) atoms. The summed E-state index contributed by atoms with van der Waals surface area (Å²) in [4.78, 5) is 43.4. The monoisotopic (exact) mass is 728 g/mol. The molecule has 0 bridgehead atoms. The maximum absolute atomic E-state index is 15.6. The van der Waals surface area contributed by atoms with Crippen LogP contribution in [-0.2, 0) is 20.7 Å². The van der Waals surface area contributed by atoms with Gasteiger partial charge >= 0.3 is 6.09 Å². The zero-order valence-corrected chi connectivity index (χ0v) is 34.8. The van der Waals surface area contributed by atoms with Crippen LogP contribution in [-0.4, -0.2) is 35.0 Å². The van der Waals surface area contributed by atoms with E-state index in [1.54, 1.807) is 0 Å². The molecule has 1 aromatic rings. The van der Waals surface area contributed by atoms with Crippen molar-refractivity contribution in [2.45, 2.75) is 170 Å². The number of ether oxygens (including phenoxy) is 1. The Balaban J connectivity index is 1.27. The second kappa shape index (κ2) is 13.1. The lowest BCUT2D eigenvalue weighted by Crippen LogP contribution is -2.65. The second-order valence-electron chi connectivity index (χ2n) is 21.5. The van der Waals surface area contributed by atoms with Crippen LogP contribution in [0.2, 0.25) is 0 Å². The fraction of sp³-hybridized carbons (Fsp3) is 0.787. The van der Waals surface area contributed by atoms with Gasteiger partial charge in [0.2, 0.25) is 5.91 Å². The molecule has 10 atom stereocenters. The van der Waals surface area contributed by atoms with E-state index < -0.39 is 28.7 Å². The highest BCUT2D eigenvalue weighted by atomic mass is 16.6. The van der Waals surface area contributed by atoms with Crippen molar-refractivity contribution >= 4 is 17.8 Å². The summed E-state index contributed by atoms with van der Waals surface area (Å²) < 4.78 is 5.66. The highest BCUT2D eigenvalue weighted by molar-refractivity contribution is 5.99. The minimum atomic E-state index is -1.06. The van der Waals surface area contributed by atoms with Crippen LogP contribution in [0.4, 0.5) is 4.79 Å². The van der Waals surface area contributed by atoms with Crippen LogP contribution in [0.5, 0.6) is 0 Å². The molecule has 6 nitrogen and oxygen atoms in total. The SMILES string of the molecule is CC(C)[C@]1(Cc2ccccc2)C(=O)[C@@H](NC(=O)C2(NC(=O)OC(C)(C)C)CCCC2)[C@H]2CC[C@@]3(C)[C@@H](CC[C@H]4[C@@]5(C)CC[CH]C(C)(C)[C@@H]5CC[C@@]43C)[C@@H]21. The number of benzene rings is 1. The molecule has 7 rings (SSSR count). The first-order valence-electron chi connectivity index (χ1n) is 21.5. The molecule has 0 heterocycles. The maximum atomic E-state index is 15.6. The number of rotatable bonds is 6. The van der Waals surface area contributed by atoms with Crippen LogP contribution in [0.25, 0.3) is 0 Å². The van der Waals surface area contributed by atoms with Gasteiger partial charge in [-0.1, -0.05) is 91.6 Å². The Morgan fingerprint density at radius 1 is 0.849 bits per heavy atom. The summed E-state index contributed by atoms with van der Waals surface area (Å²) in [6.45, 7) is 23.0. The number of ketones is 1. The first kappa shape index (κ1) is 38.9. The maximum Gasteiger partial charge on any atom is 0.408 e. The summed E-state index contributed by atoms with van der Waals surface area (Å²) >= 11 is 0. The molecule has 6 aliphatic rings. The van der Waals surface area contributed by atoms with E-state index in [9.17, 15) is 9.59 Å². The average molecular weight is 728 g/mol. The minimum absolute atomic E-state index is 0.0749. The molecule has 6 fully saturated rings. The molecular weight excluding hydrogens is 657 g/mol. The minimum Gasteiger partial charge on any atom is -0.444 e. The summed E-state index contributed by atoms with van der Waals surface area (Å²) in [7, 11) is 0. The van der Waals surface area contributed by atoms with Gasteiger partial charge in [-0.05, 0) is 161 Å². The van der Waals surface area contributed by atoms with Gasteiger partial charge in [0.05, 0.1) is 6.04 Å². The Labute approximate surface area is 321 Å². The summed E-state index contributed by atoms with van der Waals surface area (Å²) in [5.74, 6) is 2.18. The van der Waals surface area contributed by atoms with Crippen LogP contribution in [0.3, 0.4) is 0 Å². The van der Waals surface area contributed by atoms with E-state index >= 15 is 4.79 Å². The van der Waals surface area contributed by atoms with Crippen LogP contribution in [0, 0.1) is 69.0 Å². The third-order valence-corrected chi connectivity index (χ3v) is 17.4. The van der Waals surface area contributed by atoms with Crippen molar-refractivity contribution in [1.82, 2.24) is 10.6 Å². The molecule has 0 saturated heterocycles. The number of alkyl carbamates (subject to hydrolysis) is 1. The van der Waals surface area contributed by atoms with Crippen molar-refractivity contribution in [3.8, 4) is 0 Å². The molecular formula is C47H71N2O4. The largest absolute Gasteiger partial charge is 0.444 e. The predicted molar refractivity (Wildman–Crippen MR) is 212 cm³/mol. The van der Waals surface area contributed by atoms with Gasteiger partial charge in [0.15, 0.2) is 5.78 Å². The third-order valence-electron chi connectivity index (χ3n) is 17.4. The molecule has 0 aliphatic heterocycles. The number of nitrogens with one attached hydrogen (secondary N) is 2. The number of carbonyl (C=O) groups excluding carboxylic acids is 3. The van der Waals surface area contributed by atoms with Gasteiger partial charge in [-0.3, -0.25) is 9.59 Å². The van der Waals surface area contributed by atoms with E-state index in [1.165, 1.54) is 37.7 Å². The second-order valence-corrected chi connectivity index (χ2v) is 21.5. The van der Waals surface area contributed by atoms with Gasteiger partial charge in [0.25, 0.3) is 0 Å². The summed E-state index contributed by atoms with van der Waals surface area (Å²) in [6, 6.07) is 10.1. The number of fused-ring (bicyclic) bond motifs is 7. The van der Waals surface area contributed by atoms with Crippen molar-refractivity contribution in [2.24, 2.45) is 62.6 Å². The average Bonchev–Trinajstić information content (AvgIpc) is 3.62. The molecule has 2 amide bonds. The van der Waals surface area contributed by atoms with E-state index in [0.29, 0.717) is 36.5 Å². The topological polar surface area (TPSA) is 84.5 Å². The molecule has 293 valence electrons. The standard InChI is InChI=1S/C47H71N2O4/c1-30(2)47(29-31-17-12-11-13-18-31)36-32(37(38(47)50)48-39(51)46(25-14-15-26-46)49-40(52)53-41(3,4)5)21-27-44(9)33(36)19-20-35-43(8)24-16-23-42(6,7)34(43)22-28-45(35,44)10/h11-13,17-18,23,30,32-37H,14-16,19-22,24-29H2,1-10H3,(H,48,51)(H,49,52)/t32-,33-,34-,35-,36+,37-,43-,44-,45-,47-/m0/s1. The third kappa shape index (κ3) is 5.94. The molecule has 0 unspecified atom stereocenters. The molecule has 6 saturated carbocycles. The highest BCUT2D eigenvalue weighted by Crippen LogP contribution is 2.77. The lowest BCUT2D eigenvalue weighted by molar-refractivity contribution is -0.230. The summed E-state index contributed by atoms with van der Waals surface area (Å²) in [6.07, 6.45) is 15.1. The van der Waals surface area contributed by atoms with Crippen molar-refractivity contribution in [2.75, 3.05) is 0 Å². The smallest absolute Gasteiger partial charge is 0.408 e. The highest BCUT2D eigenvalue weighted by Gasteiger charge is 2.73. The van der Waals surface area contributed by atoms with Gasteiger partial charge in [-0.2, -0.15) is 0 Å². The normalized spacial score (nSPS) is 41.5. The van der Waals surface area contributed by atoms with Gasteiger partial charge in [0, 0.05) is 5.41 Å². The summed E-state index contributed by atoms with van der Waals surface area (Å²) in [5, 5.41) is 6.46. The number of hydrogen-bond donors (Lipinski definition) is 2. The molecule has 0 spiro atoms. The molecule has 1 radical (unpaired) electrons. The Morgan fingerprint density at radius 2 is 1.51 bits per heavy atom. The number of hydrogen-bond acceptors (Lipinski definition) is 4. The zero-order chi connectivity index (χ0) is 38.4. The molecule has 6 aliphatic carbocycles. The number of amides is 2. The van der Waals surface area contributed by atoms with Crippen molar-refractivity contribution in [3.63, 3.8) is 0 Å². The molecule has 6 heteroatoms. The number of carbonyl (C=O) groups is 3. The Bertz CT molecular complexity index is 1570. The zero-order valence-electron chi connectivity index (χ0n) is 34.8. The fourth-order valence-electron chi connectivity index (χ4n) is 14.9. The Morgan fingerprint density at radius 3 is 2.15 bits per heavy atom. The first-order chi connectivity index (χ1) is 24.7. The summed E-state index contributed by atoms with van der Waals surface area (Å²) in [5.41, 5.74) is -0.213. The van der Waals surface area contributed by atoms with Crippen molar-refractivity contribution in [1.29, 1.82) is 0 Å². The van der Waals surface area contributed by atoms with Crippen molar-refractivity contribution < 1.29 is 19.1 Å². The van der Waals surface area contributed by atoms with Crippen LogP contribution < -0.4 is 10.6 Å². The van der Waals surface area contributed by atoms with Gasteiger partial charge in [-0.15, -0.1) is 0 Å². The Hall–Kier alpha value is -2.37. The van der Waals surface area contributed by atoms with Gasteiger partial charge in [-0.25, -0.2) is 4.79 Å². The predicted octanol–water partition coefficient (Wildman–Crippen LogP) is 10.3. The van der Waals surface area contributed by atoms with E-state index in [0.717, 1.165) is 38.0 Å². The lowest BCUT2D eigenvalue weighted by atomic mass is 9.32. The first-order valence-corrected chi connectivity index (χ1v) is 21.5. The van der Waals surface area contributed by atoms with E-state index in [2.05, 4.69) is 95.9 Å². The van der Waals surface area contributed by atoms with Gasteiger partial charge in [0.1, 0.15) is 11.1 Å². The Kier molecular flexibility index (Phi) is 9.62. The molecule has 2 N–H and O–H groups in total. The quantitative estimate of drug-likeness (QED) is 0.306. The van der Waals surface area contributed by atoms with Gasteiger partial charge < -0.3 is 15.4 Å². The van der Waals surface area contributed by atoms with E-state index in [-0.39, 0.29) is 45.7 Å². The van der Waals surface area contributed by atoms with Crippen molar-refractivity contribution in [3.05, 3.63) is 42.3 Å². The molecule has 1 aromatic carbocycles. The van der Waals surface area contributed by atoms with Crippen LogP contribution in [0.15, 0.2) is 30.3 Å². The lowest BCUT2D eigenvalue weighted by Gasteiger charge is -2.72.